The van der Waals surface area contributed by atoms with E-state index in [1.54, 1.807) is 25.3 Å². The van der Waals surface area contributed by atoms with Crippen LogP contribution in [0, 0.1) is 0 Å². The Balaban J connectivity index is 2.17. The number of methoxy groups -OCH3 is 2. The fourth-order valence-electron chi connectivity index (χ4n) is 2.51. The number of thiocarbonyl (C=S) groups is 1. The fourth-order valence-corrected chi connectivity index (χ4v) is 2.73. The van der Waals surface area contributed by atoms with Crippen LogP contribution >= 0.6 is 12.2 Å². The van der Waals surface area contributed by atoms with E-state index in [0.29, 0.717) is 22.2 Å². The van der Waals surface area contributed by atoms with Gasteiger partial charge in [-0.2, -0.15) is 0 Å². The number of anilines is 1. The molecule has 0 radical (unpaired) electrons. The number of hydrogen-bond acceptors (Lipinski definition) is 5. The Morgan fingerprint density at radius 3 is 2.52 bits per heavy atom. The zero-order valence-corrected chi connectivity index (χ0v) is 13.2. The molecule has 1 atom stereocenters. The molecule has 1 aromatic carbocycles. The molecule has 3 rings (SSSR count). The molecule has 0 amide bonds. The van der Waals surface area contributed by atoms with Crippen LogP contribution in [0.15, 0.2) is 27.8 Å². The van der Waals surface area contributed by atoms with Gasteiger partial charge in [-0.25, -0.2) is 4.79 Å². The Hall–Kier alpha value is -2.81. The maximum Gasteiger partial charge on any atom is 0.327 e. The number of hydrogen-bond donors (Lipinski definition) is 4. The zero-order chi connectivity index (χ0) is 16.6. The second-order valence-corrected chi connectivity index (χ2v) is 5.25. The van der Waals surface area contributed by atoms with Crippen molar-refractivity contribution in [3.05, 3.63) is 50.2 Å². The first kappa shape index (κ1) is 15.1. The van der Waals surface area contributed by atoms with E-state index in [-0.39, 0.29) is 5.82 Å². The first-order valence-corrected chi connectivity index (χ1v) is 7.10. The van der Waals surface area contributed by atoms with Crippen molar-refractivity contribution in [2.24, 2.45) is 0 Å². The smallest absolute Gasteiger partial charge is 0.327 e. The van der Waals surface area contributed by atoms with Crippen LogP contribution in [0.4, 0.5) is 5.82 Å². The maximum atomic E-state index is 12.2. The summed E-state index contributed by atoms with van der Waals surface area (Å²) in [5.41, 5.74) is -0.0150. The maximum absolute atomic E-state index is 12.2. The Morgan fingerprint density at radius 1 is 1.09 bits per heavy atom. The molecule has 2 heterocycles. The number of aromatic nitrogens is 2. The molecule has 0 spiro atoms. The minimum Gasteiger partial charge on any atom is -0.493 e. The number of benzene rings is 1. The van der Waals surface area contributed by atoms with E-state index < -0.39 is 17.3 Å². The summed E-state index contributed by atoms with van der Waals surface area (Å²) in [5, 5.41) is 6.11. The van der Waals surface area contributed by atoms with Crippen LogP contribution < -0.4 is 31.4 Å². The molecule has 2 aromatic rings. The topological polar surface area (TPSA) is 108 Å². The summed E-state index contributed by atoms with van der Waals surface area (Å²) >= 11 is 5.14. The van der Waals surface area contributed by atoms with Crippen molar-refractivity contribution in [3.63, 3.8) is 0 Å². The van der Waals surface area contributed by atoms with Crippen LogP contribution in [-0.2, 0) is 0 Å². The van der Waals surface area contributed by atoms with Gasteiger partial charge >= 0.3 is 5.69 Å². The van der Waals surface area contributed by atoms with Gasteiger partial charge < -0.3 is 20.1 Å². The monoisotopic (exact) mass is 334 g/mol. The molecule has 4 N–H and O–H groups in total. The van der Waals surface area contributed by atoms with Gasteiger partial charge in [0.15, 0.2) is 16.6 Å². The molecule has 0 fully saturated rings. The molecular formula is C14H14N4O4S. The molecule has 0 saturated carbocycles. The van der Waals surface area contributed by atoms with Crippen molar-refractivity contribution in [2.75, 3.05) is 19.5 Å². The highest BCUT2D eigenvalue weighted by Crippen LogP contribution is 2.33. The second kappa shape index (κ2) is 5.76. The highest BCUT2D eigenvalue weighted by Gasteiger charge is 2.28. The quantitative estimate of drug-likeness (QED) is 0.604. The molecule has 120 valence electrons. The standard InChI is InChI=1S/C14H14N4O4S/c1-21-7-4-3-6(5-8(7)22-2)10-9-11(17-14(23)15-10)16-13(20)18-12(9)19/h3-5,10H,1-2H3,(H4,15,16,17,18,19,20,23). The molecule has 1 aromatic heterocycles. The number of H-pyrrole nitrogens is 2. The van der Waals surface area contributed by atoms with E-state index in [1.165, 1.54) is 7.11 Å². The van der Waals surface area contributed by atoms with Crippen LogP contribution in [0.5, 0.6) is 11.5 Å². The largest absolute Gasteiger partial charge is 0.493 e. The fraction of sp³-hybridized carbons (Fsp3) is 0.214. The molecule has 23 heavy (non-hydrogen) atoms. The average molecular weight is 334 g/mol. The van der Waals surface area contributed by atoms with Crippen molar-refractivity contribution < 1.29 is 9.47 Å². The van der Waals surface area contributed by atoms with Gasteiger partial charge in [-0.05, 0) is 29.9 Å². The molecular weight excluding hydrogens is 320 g/mol. The van der Waals surface area contributed by atoms with Gasteiger partial charge in [-0.3, -0.25) is 14.8 Å². The predicted octanol–water partition coefficient (Wildman–Crippen LogP) is 0.470. The summed E-state index contributed by atoms with van der Waals surface area (Å²) in [6.07, 6.45) is 0. The molecule has 0 aliphatic carbocycles. The molecule has 0 bridgehead atoms. The van der Waals surface area contributed by atoms with E-state index >= 15 is 0 Å². The SMILES string of the molecule is COc1ccc(C2NC(=S)Nc3[nH]c(=O)[nH]c(=O)c32)cc1OC. The minimum absolute atomic E-state index is 0.280. The van der Waals surface area contributed by atoms with E-state index in [0.717, 1.165) is 5.56 Å². The Bertz CT molecular complexity index is 889. The third-order valence-electron chi connectivity index (χ3n) is 3.52. The van der Waals surface area contributed by atoms with E-state index in [2.05, 4.69) is 20.6 Å². The summed E-state index contributed by atoms with van der Waals surface area (Å²) in [6.45, 7) is 0. The Morgan fingerprint density at radius 2 is 1.83 bits per heavy atom. The number of fused-ring (bicyclic) bond motifs is 1. The van der Waals surface area contributed by atoms with Gasteiger partial charge in [0, 0.05) is 0 Å². The lowest BCUT2D eigenvalue weighted by atomic mass is 9.98. The highest BCUT2D eigenvalue weighted by molar-refractivity contribution is 7.80. The lowest BCUT2D eigenvalue weighted by molar-refractivity contribution is 0.354. The first-order valence-electron chi connectivity index (χ1n) is 6.69. The highest BCUT2D eigenvalue weighted by atomic mass is 32.1. The zero-order valence-electron chi connectivity index (χ0n) is 12.4. The van der Waals surface area contributed by atoms with E-state index in [4.69, 9.17) is 21.7 Å². The summed E-state index contributed by atoms with van der Waals surface area (Å²) in [6, 6.07) is 4.75. The van der Waals surface area contributed by atoms with Crippen molar-refractivity contribution in [3.8, 4) is 11.5 Å². The van der Waals surface area contributed by atoms with Gasteiger partial charge in [0.2, 0.25) is 0 Å². The van der Waals surface area contributed by atoms with Crippen molar-refractivity contribution in [1.82, 2.24) is 15.3 Å². The number of nitrogens with one attached hydrogen (secondary N) is 4. The molecule has 8 nitrogen and oxygen atoms in total. The average Bonchev–Trinajstić information content (AvgIpc) is 2.52. The molecule has 1 aliphatic heterocycles. The Labute approximate surface area is 135 Å². The lowest BCUT2D eigenvalue weighted by Crippen LogP contribution is -2.44. The number of aromatic amines is 2. The first-order chi connectivity index (χ1) is 11.0. The molecule has 9 heteroatoms. The van der Waals surface area contributed by atoms with E-state index in [1.807, 2.05) is 0 Å². The van der Waals surface area contributed by atoms with Crippen LogP contribution in [0.3, 0.4) is 0 Å². The van der Waals surface area contributed by atoms with Gasteiger partial charge in [0.1, 0.15) is 5.82 Å². The summed E-state index contributed by atoms with van der Waals surface area (Å²) in [4.78, 5) is 28.4. The summed E-state index contributed by atoms with van der Waals surface area (Å²) in [7, 11) is 3.07. The molecule has 1 unspecified atom stereocenters. The van der Waals surface area contributed by atoms with Crippen LogP contribution in [0.25, 0.3) is 0 Å². The van der Waals surface area contributed by atoms with Gasteiger partial charge in [0.25, 0.3) is 5.56 Å². The molecule has 0 saturated heterocycles. The minimum atomic E-state index is -0.600. The van der Waals surface area contributed by atoms with Crippen LogP contribution in [0.2, 0.25) is 0 Å². The van der Waals surface area contributed by atoms with Gasteiger partial charge in [0.05, 0.1) is 25.8 Å². The lowest BCUT2D eigenvalue weighted by Gasteiger charge is -2.28. The second-order valence-electron chi connectivity index (χ2n) is 4.84. The summed E-state index contributed by atoms with van der Waals surface area (Å²) in [5.74, 6) is 1.38. The number of rotatable bonds is 3. The van der Waals surface area contributed by atoms with Crippen LogP contribution in [-0.4, -0.2) is 29.3 Å². The number of ether oxygens (including phenoxy) is 2. The normalized spacial score (nSPS) is 16.1. The van der Waals surface area contributed by atoms with Crippen molar-refractivity contribution in [1.29, 1.82) is 0 Å². The third kappa shape index (κ3) is 2.66. The molecule has 1 aliphatic rings. The van der Waals surface area contributed by atoms with Crippen molar-refractivity contribution in [2.45, 2.75) is 6.04 Å². The van der Waals surface area contributed by atoms with Crippen LogP contribution in [0.1, 0.15) is 17.2 Å². The third-order valence-corrected chi connectivity index (χ3v) is 3.74. The van der Waals surface area contributed by atoms with Crippen molar-refractivity contribution >= 4 is 23.1 Å². The Kier molecular flexibility index (Phi) is 3.78. The van der Waals surface area contributed by atoms with E-state index in [9.17, 15) is 9.59 Å². The summed E-state index contributed by atoms with van der Waals surface area (Å²) < 4.78 is 10.5. The van der Waals surface area contributed by atoms with Gasteiger partial charge in [-0.15, -0.1) is 0 Å². The predicted molar refractivity (Wildman–Crippen MR) is 88.4 cm³/mol. The van der Waals surface area contributed by atoms with Gasteiger partial charge in [-0.1, -0.05) is 6.07 Å².